The van der Waals surface area contributed by atoms with Crippen LogP contribution in [0.4, 0.5) is 11.4 Å². The van der Waals surface area contributed by atoms with Gasteiger partial charge in [0.05, 0.1) is 0 Å². The van der Waals surface area contributed by atoms with Crippen LogP contribution in [0.5, 0.6) is 0 Å². The molecule has 0 fully saturated rings. The van der Waals surface area contributed by atoms with Crippen molar-refractivity contribution in [1.29, 1.82) is 0 Å². The summed E-state index contributed by atoms with van der Waals surface area (Å²) in [6.45, 7) is 0. The van der Waals surface area contributed by atoms with Crippen LogP contribution in [0.15, 0.2) is 48.5 Å². The molecule has 2 aromatic rings. The van der Waals surface area contributed by atoms with E-state index >= 15 is 0 Å². The van der Waals surface area contributed by atoms with Gasteiger partial charge in [0.1, 0.15) is 5.66 Å². The second kappa shape index (κ2) is 4.37. The third-order valence-electron chi connectivity index (χ3n) is 4.73. The van der Waals surface area contributed by atoms with E-state index < -0.39 is 5.66 Å². The zero-order valence-corrected chi connectivity index (χ0v) is 11.8. The summed E-state index contributed by atoms with van der Waals surface area (Å²) >= 11 is 0. The SMILES string of the molecule is Nc1cccc2c1C=C[C@](N)(C1CCc3ccccc31)N2. The molecule has 106 valence electrons. The maximum absolute atomic E-state index is 6.71. The summed E-state index contributed by atoms with van der Waals surface area (Å²) in [5.41, 5.74) is 17.8. The Morgan fingerprint density at radius 3 is 2.86 bits per heavy atom. The summed E-state index contributed by atoms with van der Waals surface area (Å²) in [5, 5.41) is 3.51. The summed E-state index contributed by atoms with van der Waals surface area (Å²) in [6.07, 6.45) is 6.30. The molecular weight excluding hydrogens is 258 g/mol. The van der Waals surface area contributed by atoms with Crippen LogP contribution in [0, 0.1) is 0 Å². The number of hydrogen-bond donors (Lipinski definition) is 3. The summed E-state index contributed by atoms with van der Waals surface area (Å²) < 4.78 is 0. The van der Waals surface area contributed by atoms with Crippen molar-refractivity contribution in [3.63, 3.8) is 0 Å². The summed E-state index contributed by atoms with van der Waals surface area (Å²) in [7, 11) is 0. The number of nitrogens with one attached hydrogen (secondary N) is 1. The first kappa shape index (κ1) is 12.5. The van der Waals surface area contributed by atoms with Crippen molar-refractivity contribution in [3.8, 4) is 0 Å². The fourth-order valence-corrected chi connectivity index (χ4v) is 3.63. The first-order valence-corrected chi connectivity index (χ1v) is 7.40. The minimum atomic E-state index is -0.548. The fourth-order valence-electron chi connectivity index (χ4n) is 3.63. The van der Waals surface area contributed by atoms with E-state index in [0.717, 1.165) is 29.8 Å². The third-order valence-corrected chi connectivity index (χ3v) is 4.73. The number of nitrogen functional groups attached to an aromatic ring is 1. The zero-order chi connectivity index (χ0) is 14.4. The number of benzene rings is 2. The van der Waals surface area contributed by atoms with Crippen molar-refractivity contribution < 1.29 is 0 Å². The first-order chi connectivity index (χ1) is 10.2. The predicted octanol–water partition coefficient (Wildman–Crippen LogP) is 3.09. The number of hydrogen-bond acceptors (Lipinski definition) is 3. The molecule has 1 heterocycles. The van der Waals surface area contributed by atoms with Crippen molar-refractivity contribution in [1.82, 2.24) is 0 Å². The molecule has 2 atom stereocenters. The molecule has 0 aromatic heterocycles. The normalized spacial score (nSPS) is 26.0. The van der Waals surface area contributed by atoms with Gasteiger partial charge in [-0.2, -0.15) is 0 Å². The molecule has 0 saturated carbocycles. The van der Waals surface area contributed by atoms with E-state index in [9.17, 15) is 0 Å². The fraction of sp³-hybridized carbons (Fsp3) is 0.222. The van der Waals surface area contributed by atoms with Crippen LogP contribution >= 0.6 is 0 Å². The quantitative estimate of drug-likeness (QED) is 0.702. The van der Waals surface area contributed by atoms with E-state index in [1.54, 1.807) is 0 Å². The molecule has 3 heteroatoms. The van der Waals surface area contributed by atoms with Crippen LogP contribution < -0.4 is 16.8 Å². The van der Waals surface area contributed by atoms with E-state index in [0.29, 0.717) is 5.92 Å². The smallest absolute Gasteiger partial charge is 0.112 e. The molecule has 0 amide bonds. The Bertz CT molecular complexity index is 735. The van der Waals surface area contributed by atoms with E-state index in [4.69, 9.17) is 11.5 Å². The molecule has 1 aliphatic heterocycles. The van der Waals surface area contributed by atoms with Crippen molar-refractivity contribution in [3.05, 3.63) is 65.2 Å². The highest BCUT2D eigenvalue weighted by molar-refractivity contribution is 5.80. The van der Waals surface area contributed by atoms with E-state index in [1.807, 2.05) is 18.2 Å². The van der Waals surface area contributed by atoms with E-state index in [-0.39, 0.29) is 0 Å². The molecule has 2 aromatic carbocycles. The topological polar surface area (TPSA) is 64.1 Å². The standard InChI is InChI=1S/C18H19N3/c19-16-6-3-7-17-14(16)10-11-18(20,21-17)15-9-8-12-4-1-2-5-13(12)15/h1-7,10-11,15,21H,8-9,19-20H2/t15?,18-/m1/s1. The minimum absolute atomic E-state index is 0.291. The lowest BCUT2D eigenvalue weighted by Gasteiger charge is -2.38. The van der Waals surface area contributed by atoms with E-state index in [2.05, 4.69) is 41.7 Å². The summed E-state index contributed by atoms with van der Waals surface area (Å²) in [6, 6.07) is 14.5. The van der Waals surface area contributed by atoms with Crippen LogP contribution in [0.25, 0.3) is 6.08 Å². The van der Waals surface area contributed by atoms with Gasteiger partial charge in [0, 0.05) is 22.9 Å². The molecule has 3 nitrogen and oxygen atoms in total. The summed E-state index contributed by atoms with van der Waals surface area (Å²) in [5.74, 6) is 0.291. The number of nitrogens with two attached hydrogens (primary N) is 2. The van der Waals surface area contributed by atoms with Crippen LogP contribution in [0.3, 0.4) is 0 Å². The van der Waals surface area contributed by atoms with Gasteiger partial charge in [-0.25, -0.2) is 0 Å². The Labute approximate surface area is 124 Å². The molecule has 21 heavy (non-hydrogen) atoms. The minimum Gasteiger partial charge on any atom is -0.398 e. The molecular formula is C18H19N3. The number of fused-ring (bicyclic) bond motifs is 2. The highest BCUT2D eigenvalue weighted by Gasteiger charge is 2.39. The maximum Gasteiger partial charge on any atom is 0.112 e. The van der Waals surface area contributed by atoms with E-state index in [1.165, 1.54) is 11.1 Å². The van der Waals surface area contributed by atoms with Crippen molar-refractivity contribution in [2.24, 2.45) is 5.73 Å². The maximum atomic E-state index is 6.71. The Morgan fingerprint density at radius 1 is 1.10 bits per heavy atom. The highest BCUT2D eigenvalue weighted by atomic mass is 15.1. The van der Waals surface area contributed by atoms with Crippen molar-refractivity contribution in [2.45, 2.75) is 24.4 Å². The molecule has 1 aliphatic carbocycles. The highest BCUT2D eigenvalue weighted by Crippen LogP contribution is 2.43. The third kappa shape index (κ3) is 1.85. The van der Waals surface area contributed by atoms with Crippen LogP contribution in [0.2, 0.25) is 0 Å². The molecule has 2 aliphatic rings. The average molecular weight is 277 g/mol. The first-order valence-electron chi connectivity index (χ1n) is 7.40. The van der Waals surface area contributed by atoms with Crippen molar-refractivity contribution >= 4 is 17.5 Å². The Morgan fingerprint density at radius 2 is 1.95 bits per heavy atom. The number of rotatable bonds is 1. The van der Waals surface area contributed by atoms with Gasteiger partial charge in [-0.05, 0) is 42.2 Å². The molecule has 0 bridgehead atoms. The molecule has 4 rings (SSSR count). The molecule has 1 unspecified atom stereocenters. The lowest BCUT2D eigenvalue weighted by atomic mass is 9.84. The van der Waals surface area contributed by atoms with Gasteiger partial charge in [0.15, 0.2) is 0 Å². The van der Waals surface area contributed by atoms with Crippen LogP contribution in [-0.2, 0) is 6.42 Å². The van der Waals surface area contributed by atoms with Crippen LogP contribution in [0.1, 0.15) is 29.0 Å². The predicted molar refractivity (Wildman–Crippen MR) is 87.9 cm³/mol. The van der Waals surface area contributed by atoms with Gasteiger partial charge in [-0.1, -0.05) is 36.4 Å². The molecule has 5 N–H and O–H groups in total. The lowest BCUT2D eigenvalue weighted by molar-refractivity contribution is 0.468. The molecule has 0 saturated heterocycles. The second-order valence-electron chi connectivity index (χ2n) is 5.99. The van der Waals surface area contributed by atoms with Gasteiger partial charge >= 0.3 is 0 Å². The van der Waals surface area contributed by atoms with Gasteiger partial charge in [0.2, 0.25) is 0 Å². The largest absolute Gasteiger partial charge is 0.398 e. The Hall–Kier alpha value is -2.26. The average Bonchev–Trinajstić information content (AvgIpc) is 2.92. The van der Waals surface area contributed by atoms with Gasteiger partial charge in [0.25, 0.3) is 0 Å². The molecule has 0 spiro atoms. The second-order valence-corrected chi connectivity index (χ2v) is 5.99. The van der Waals surface area contributed by atoms with Crippen molar-refractivity contribution in [2.75, 3.05) is 11.1 Å². The Balaban J connectivity index is 1.75. The number of anilines is 2. The lowest BCUT2D eigenvalue weighted by Crippen LogP contribution is -2.51. The summed E-state index contributed by atoms with van der Waals surface area (Å²) in [4.78, 5) is 0. The monoisotopic (exact) mass is 277 g/mol. The molecule has 0 radical (unpaired) electrons. The van der Waals surface area contributed by atoms with Gasteiger partial charge in [-0.15, -0.1) is 0 Å². The van der Waals surface area contributed by atoms with Gasteiger partial charge < -0.3 is 16.8 Å². The Kier molecular flexibility index (Phi) is 2.59. The van der Waals surface area contributed by atoms with Gasteiger partial charge in [-0.3, -0.25) is 0 Å². The van der Waals surface area contributed by atoms with Crippen LogP contribution in [-0.4, -0.2) is 5.66 Å². The number of aryl methyl sites for hydroxylation is 1. The zero-order valence-electron chi connectivity index (χ0n) is 11.8.